The number of hydrogen-bond acceptors (Lipinski definition) is 4. The van der Waals surface area contributed by atoms with Gasteiger partial charge in [-0.15, -0.1) is 0 Å². The van der Waals surface area contributed by atoms with E-state index in [2.05, 4.69) is 0 Å². The van der Waals surface area contributed by atoms with Crippen LogP contribution < -0.4 is 4.74 Å². The van der Waals surface area contributed by atoms with Crippen molar-refractivity contribution in [1.29, 1.82) is 0 Å². The second-order valence-corrected chi connectivity index (χ2v) is 6.60. The molecule has 20 heavy (non-hydrogen) atoms. The molecule has 0 amide bonds. The first-order valence-corrected chi connectivity index (χ1v) is 7.53. The Hall–Kier alpha value is -0.990. The van der Waals surface area contributed by atoms with E-state index in [1.54, 1.807) is 0 Å². The molecule has 1 rings (SSSR count). The normalized spacial score (nSPS) is 14.1. The van der Waals surface area contributed by atoms with Crippen LogP contribution in [0.5, 0.6) is 5.75 Å². The van der Waals surface area contributed by atoms with Crippen LogP contribution in [-0.4, -0.2) is 38.7 Å². The molecule has 9 heteroatoms. The number of benzene rings is 1. The van der Waals surface area contributed by atoms with Crippen LogP contribution in [0.25, 0.3) is 0 Å². The van der Waals surface area contributed by atoms with Crippen molar-refractivity contribution in [2.75, 3.05) is 12.9 Å². The Kier molecular flexibility index (Phi) is 5.28. The predicted molar refractivity (Wildman–Crippen MR) is 67.6 cm³/mol. The van der Waals surface area contributed by atoms with E-state index in [0.717, 1.165) is 0 Å². The van der Waals surface area contributed by atoms with Crippen LogP contribution in [0, 0.1) is 0 Å². The van der Waals surface area contributed by atoms with E-state index in [-0.39, 0.29) is 10.6 Å². The maximum Gasteiger partial charge on any atom is 0.415 e. The molecule has 0 saturated heterocycles. The van der Waals surface area contributed by atoms with Gasteiger partial charge in [-0.1, -0.05) is 17.7 Å². The zero-order valence-corrected chi connectivity index (χ0v) is 11.9. The highest BCUT2D eigenvalue weighted by Gasteiger charge is 2.41. The zero-order valence-electron chi connectivity index (χ0n) is 10.3. The number of methoxy groups -OCH3 is 1. The van der Waals surface area contributed by atoms with Gasteiger partial charge in [-0.2, -0.15) is 13.2 Å². The maximum absolute atomic E-state index is 12.1. The van der Waals surface area contributed by atoms with Crippen LogP contribution in [0.3, 0.4) is 0 Å². The van der Waals surface area contributed by atoms with E-state index in [0.29, 0.717) is 5.75 Å². The fourth-order valence-electron chi connectivity index (χ4n) is 1.45. The molecule has 0 heterocycles. The molecule has 1 aromatic carbocycles. The Morgan fingerprint density at radius 3 is 2.45 bits per heavy atom. The summed E-state index contributed by atoms with van der Waals surface area (Å²) >= 11 is 5.79. The molecule has 1 N–H and O–H groups in total. The van der Waals surface area contributed by atoms with E-state index in [1.807, 2.05) is 0 Å². The van der Waals surface area contributed by atoms with Crippen LogP contribution in [0.15, 0.2) is 18.2 Å². The summed E-state index contributed by atoms with van der Waals surface area (Å²) in [4.78, 5) is 0. The average Bonchev–Trinajstić information content (AvgIpc) is 2.26. The second kappa shape index (κ2) is 6.19. The van der Waals surface area contributed by atoms with Crippen molar-refractivity contribution >= 4 is 21.4 Å². The first-order chi connectivity index (χ1) is 9.05. The zero-order chi connectivity index (χ0) is 15.6. The lowest BCUT2D eigenvalue weighted by Gasteiger charge is -2.14. The van der Waals surface area contributed by atoms with E-state index >= 15 is 0 Å². The molecule has 0 aromatic heterocycles. The fraction of sp³-hybridized carbons (Fsp3) is 0.455. The summed E-state index contributed by atoms with van der Waals surface area (Å²) in [6.45, 7) is 0. The predicted octanol–water partition coefficient (Wildman–Crippen LogP) is 2.19. The van der Waals surface area contributed by atoms with Gasteiger partial charge in [0, 0.05) is 0 Å². The van der Waals surface area contributed by atoms with Crippen molar-refractivity contribution in [1.82, 2.24) is 0 Å². The van der Waals surface area contributed by atoms with Crippen LogP contribution >= 0.6 is 11.6 Å². The quantitative estimate of drug-likeness (QED) is 0.897. The fourth-order valence-corrected chi connectivity index (χ4v) is 3.20. The van der Waals surface area contributed by atoms with Gasteiger partial charge in [-0.25, -0.2) is 8.42 Å². The van der Waals surface area contributed by atoms with Crippen LogP contribution in [0.2, 0.25) is 5.02 Å². The van der Waals surface area contributed by atoms with Gasteiger partial charge in [-0.3, -0.25) is 0 Å². The minimum absolute atomic E-state index is 0.150. The lowest BCUT2D eigenvalue weighted by Crippen LogP contribution is -2.35. The number of sulfone groups is 1. The third kappa shape index (κ3) is 4.84. The third-order valence-electron chi connectivity index (χ3n) is 2.39. The summed E-state index contributed by atoms with van der Waals surface area (Å²) in [5.74, 6) is -1.72. The number of aliphatic hydroxyl groups is 1. The Balaban J connectivity index is 2.84. The largest absolute Gasteiger partial charge is 0.495 e. The van der Waals surface area contributed by atoms with E-state index in [1.165, 1.54) is 25.3 Å². The summed E-state index contributed by atoms with van der Waals surface area (Å²) in [6, 6.07) is 4.08. The Morgan fingerprint density at radius 1 is 1.40 bits per heavy atom. The summed E-state index contributed by atoms with van der Waals surface area (Å²) in [5.41, 5.74) is 0.213. The van der Waals surface area contributed by atoms with Gasteiger partial charge in [0.2, 0.25) is 0 Å². The first-order valence-electron chi connectivity index (χ1n) is 5.33. The number of aliphatic hydroxyl groups excluding tert-OH is 1. The molecular formula is C11H12ClF3O4S. The van der Waals surface area contributed by atoms with Gasteiger partial charge in [0.1, 0.15) is 5.75 Å². The summed E-state index contributed by atoms with van der Waals surface area (Å²) < 4.78 is 64.4. The Labute approximate surface area is 119 Å². The summed E-state index contributed by atoms with van der Waals surface area (Å²) in [6.07, 6.45) is -7.87. The Bertz CT molecular complexity index is 572. The van der Waals surface area contributed by atoms with Crippen molar-refractivity contribution in [2.24, 2.45) is 0 Å². The minimum atomic E-state index is -4.97. The molecule has 0 saturated carbocycles. The van der Waals surface area contributed by atoms with Crippen LogP contribution in [0.1, 0.15) is 5.56 Å². The molecule has 114 valence electrons. The Morgan fingerprint density at radius 2 is 2.00 bits per heavy atom. The summed E-state index contributed by atoms with van der Waals surface area (Å²) in [5, 5.41) is 8.94. The van der Waals surface area contributed by atoms with E-state index < -0.39 is 33.6 Å². The molecule has 0 aliphatic rings. The number of rotatable bonds is 5. The van der Waals surface area contributed by atoms with E-state index in [9.17, 15) is 21.6 Å². The highest BCUT2D eigenvalue weighted by molar-refractivity contribution is 7.90. The molecule has 0 fully saturated rings. The molecule has 0 radical (unpaired) electrons. The average molecular weight is 333 g/mol. The molecule has 1 atom stereocenters. The van der Waals surface area contributed by atoms with Gasteiger partial charge in [0.05, 0.1) is 23.6 Å². The molecule has 4 nitrogen and oxygen atoms in total. The van der Waals surface area contributed by atoms with Crippen molar-refractivity contribution < 1.29 is 31.4 Å². The van der Waals surface area contributed by atoms with Crippen molar-refractivity contribution in [3.63, 3.8) is 0 Å². The second-order valence-electron chi connectivity index (χ2n) is 4.08. The lowest BCUT2D eigenvalue weighted by atomic mass is 10.2. The molecule has 0 unspecified atom stereocenters. The maximum atomic E-state index is 12.1. The smallest absolute Gasteiger partial charge is 0.415 e. The van der Waals surface area contributed by atoms with Gasteiger partial charge in [-0.05, 0) is 17.7 Å². The van der Waals surface area contributed by atoms with Crippen LogP contribution in [-0.2, 0) is 15.6 Å². The van der Waals surface area contributed by atoms with Gasteiger partial charge in [0.25, 0.3) is 0 Å². The van der Waals surface area contributed by atoms with Gasteiger partial charge in [0.15, 0.2) is 15.9 Å². The molecule has 0 spiro atoms. The molecular weight excluding hydrogens is 321 g/mol. The number of halogens is 4. The van der Waals surface area contributed by atoms with Gasteiger partial charge < -0.3 is 9.84 Å². The van der Waals surface area contributed by atoms with Crippen molar-refractivity contribution in [3.8, 4) is 5.75 Å². The molecule has 0 bridgehead atoms. The highest BCUT2D eigenvalue weighted by atomic mass is 35.5. The standard InChI is InChI=1S/C11H12ClF3O4S/c1-19-9-3-2-7(4-8(9)12)5-20(17,18)6-10(16)11(13,14)15/h2-4,10,16H,5-6H2,1H3/t10-/m1/s1. The van der Waals surface area contributed by atoms with Gasteiger partial charge >= 0.3 is 6.18 Å². The van der Waals surface area contributed by atoms with E-state index in [4.69, 9.17) is 21.4 Å². The molecule has 1 aromatic rings. The molecule has 0 aliphatic carbocycles. The topological polar surface area (TPSA) is 63.6 Å². The number of ether oxygens (including phenoxy) is 1. The van der Waals surface area contributed by atoms with Crippen LogP contribution in [0.4, 0.5) is 13.2 Å². The SMILES string of the molecule is COc1ccc(CS(=O)(=O)C[C@@H](O)C(F)(F)F)cc1Cl. The highest BCUT2D eigenvalue weighted by Crippen LogP contribution is 2.27. The monoisotopic (exact) mass is 332 g/mol. The minimum Gasteiger partial charge on any atom is -0.495 e. The number of hydrogen-bond donors (Lipinski definition) is 1. The van der Waals surface area contributed by atoms with Crippen molar-refractivity contribution in [3.05, 3.63) is 28.8 Å². The summed E-state index contributed by atoms with van der Waals surface area (Å²) in [7, 11) is -2.75. The number of alkyl halides is 3. The molecule has 0 aliphatic heterocycles. The third-order valence-corrected chi connectivity index (χ3v) is 4.28. The van der Waals surface area contributed by atoms with Crippen molar-refractivity contribution in [2.45, 2.75) is 18.0 Å². The lowest BCUT2D eigenvalue weighted by molar-refractivity contribution is -0.196. The first kappa shape index (κ1) is 17.1.